The summed E-state index contributed by atoms with van der Waals surface area (Å²) in [6.45, 7) is 2.94. The number of carbonyl (C=O) groups is 1. The zero-order valence-electron chi connectivity index (χ0n) is 18.7. The van der Waals surface area contributed by atoms with Gasteiger partial charge in [-0.2, -0.15) is 18.3 Å². The first-order valence-electron chi connectivity index (χ1n) is 10.6. The fourth-order valence-electron chi connectivity index (χ4n) is 3.62. The van der Waals surface area contributed by atoms with Gasteiger partial charge in [-0.3, -0.25) is 14.3 Å². The minimum atomic E-state index is -4.58. The summed E-state index contributed by atoms with van der Waals surface area (Å²) in [5, 5.41) is 11.6. The Morgan fingerprint density at radius 1 is 1.23 bits per heavy atom. The number of hydrogen-bond acceptors (Lipinski definition) is 6. The Balaban J connectivity index is 0.00000342. The number of anilines is 2. The van der Waals surface area contributed by atoms with Crippen LogP contribution in [0.1, 0.15) is 35.0 Å². The summed E-state index contributed by atoms with van der Waals surface area (Å²) in [6, 6.07) is 5.30. The Morgan fingerprint density at radius 3 is 2.74 bits per heavy atom. The molecule has 3 heterocycles. The number of amides is 1. The Kier molecular flexibility index (Phi) is 7.97. The number of carbonyl (C=O) groups excluding carboxylic acids is 1. The molecule has 3 aromatic heterocycles. The third-order valence-corrected chi connectivity index (χ3v) is 5.29. The highest BCUT2D eigenvalue weighted by Crippen LogP contribution is 2.36. The molecule has 4 rings (SSSR count). The van der Waals surface area contributed by atoms with Crippen LogP contribution in [0.4, 0.5) is 24.7 Å². The van der Waals surface area contributed by atoms with Crippen molar-refractivity contribution in [3.63, 3.8) is 0 Å². The predicted octanol–water partition coefficient (Wildman–Crippen LogP) is 3.94. The highest BCUT2D eigenvalue weighted by molar-refractivity contribution is 5.96. The van der Waals surface area contributed by atoms with Crippen LogP contribution in [-0.2, 0) is 12.6 Å². The predicted molar refractivity (Wildman–Crippen MR) is 128 cm³/mol. The van der Waals surface area contributed by atoms with Crippen LogP contribution >= 0.6 is 12.4 Å². The average molecular weight is 509 g/mol. The molecule has 186 valence electrons. The monoisotopic (exact) mass is 508 g/mol. The smallest absolute Gasteiger partial charge is 0.352 e. The Bertz CT molecular complexity index is 1320. The van der Waals surface area contributed by atoms with Crippen molar-refractivity contribution in [2.45, 2.75) is 25.9 Å². The second-order valence-corrected chi connectivity index (χ2v) is 7.52. The van der Waals surface area contributed by atoms with Crippen LogP contribution in [0.2, 0.25) is 0 Å². The molecule has 1 aromatic carbocycles. The number of aromatic nitrogens is 5. The largest absolute Gasteiger partial charge is 0.433 e. The van der Waals surface area contributed by atoms with Gasteiger partial charge in [0.15, 0.2) is 11.5 Å². The molecule has 0 radical (unpaired) electrons. The van der Waals surface area contributed by atoms with Gasteiger partial charge in [-0.1, -0.05) is 6.92 Å². The molecular formula is C22H24ClF3N8O. The molecule has 35 heavy (non-hydrogen) atoms. The van der Waals surface area contributed by atoms with E-state index in [2.05, 4.69) is 25.7 Å². The zero-order valence-corrected chi connectivity index (χ0v) is 19.5. The number of alkyl halides is 3. The van der Waals surface area contributed by atoms with E-state index in [1.54, 1.807) is 12.1 Å². The van der Waals surface area contributed by atoms with Crippen LogP contribution in [0.25, 0.3) is 16.9 Å². The lowest BCUT2D eigenvalue weighted by Crippen LogP contribution is -2.26. The van der Waals surface area contributed by atoms with Gasteiger partial charge in [0.2, 0.25) is 0 Å². The van der Waals surface area contributed by atoms with E-state index >= 15 is 0 Å². The molecule has 4 aromatic rings. The summed E-state index contributed by atoms with van der Waals surface area (Å²) in [4.78, 5) is 21.0. The summed E-state index contributed by atoms with van der Waals surface area (Å²) < 4.78 is 41.5. The SMILES string of the molecule is CCc1cc(Nc2nccn3c(-c4cn[nH]c4C(F)(F)F)cnc23)ccc1C(=O)NCCCN.Cl. The van der Waals surface area contributed by atoms with E-state index in [1.807, 2.05) is 18.1 Å². The number of imidazole rings is 1. The minimum absolute atomic E-state index is 0. The molecule has 0 bridgehead atoms. The molecule has 1 amide bonds. The number of benzene rings is 1. The quantitative estimate of drug-likeness (QED) is 0.267. The molecule has 0 aliphatic rings. The van der Waals surface area contributed by atoms with Crippen molar-refractivity contribution in [2.24, 2.45) is 5.73 Å². The molecule has 0 unspecified atom stereocenters. The van der Waals surface area contributed by atoms with Crippen LogP contribution in [0, 0.1) is 0 Å². The van der Waals surface area contributed by atoms with Gasteiger partial charge in [-0.15, -0.1) is 12.4 Å². The molecule has 0 aliphatic carbocycles. The number of aryl methyl sites for hydroxylation is 1. The maximum Gasteiger partial charge on any atom is 0.433 e. The number of rotatable bonds is 8. The molecular weight excluding hydrogens is 485 g/mol. The van der Waals surface area contributed by atoms with Crippen LogP contribution in [-0.4, -0.2) is 43.6 Å². The Hall–Kier alpha value is -3.64. The third kappa shape index (κ3) is 5.38. The van der Waals surface area contributed by atoms with Crippen LogP contribution < -0.4 is 16.4 Å². The number of halogens is 4. The summed E-state index contributed by atoms with van der Waals surface area (Å²) >= 11 is 0. The summed E-state index contributed by atoms with van der Waals surface area (Å²) in [7, 11) is 0. The fraction of sp³-hybridized carbons (Fsp3) is 0.273. The van der Waals surface area contributed by atoms with Crippen molar-refractivity contribution >= 4 is 35.5 Å². The van der Waals surface area contributed by atoms with Gasteiger partial charge in [0, 0.05) is 30.2 Å². The number of fused-ring (bicyclic) bond motifs is 1. The normalized spacial score (nSPS) is 11.3. The molecule has 0 fully saturated rings. The number of nitrogens with zero attached hydrogens (tertiary/aromatic N) is 4. The Morgan fingerprint density at radius 2 is 2.03 bits per heavy atom. The van der Waals surface area contributed by atoms with E-state index in [-0.39, 0.29) is 29.6 Å². The highest BCUT2D eigenvalue weighted by atomic mass is 35.5. The van der Waals surface area contributed by atoms with Crippen molar-refractivity contribution in [1.82, 2.24) is 29.9 Å². The zero-order chi connectivity index (χ0) is 24.3. The van der Waals surface area contributed by atoms with Gasteiger partial charge in [-0.05, 0) is 43.1 Å². The topological polar surface area (TPSA) is 126 Å². The molecule has 0 aliphatic heterocycles. The molecule has 0 saturated heterocycles. The van der Waals surface area contributed by atoms with Gasteiger partial charge in [0.25, 0.3) is 5.91 Å². The van der Waals surface area contributed by atoms with E-state index in [4.69, 9.17) is 5.73 Å². The van der Waals surface area contributed by atoms with Crippen molar-refractivity contribution in [3.8, 4) is 11.3 Å². The van der Waals surface area contributed by atoms with Gasteiger partial charge in [0.1, 0.15) is 5.69 Å². The third-order valence-electron chi connectivity index (χ3n) is 5.29. The van der Waals surface area contributed by atoms with Gasteiger partial charge < -0.3 is 16.4 Å². The molecule has 0 saturated carbocycles. The van der Waals surface area contributed by atoms with Crippen molar-refractivity contribution in [3.05, 3.63) is 59.8 Å². The Labute approximate surface area is 204 Å². The van der Waals surface area contributed by atoms with E-state index in [1.165, 1.54) is 23.0 Å². The van der Waals surface area contributed by atoms with Crippen molar-refractivity contribution in [1.29, 1.82) is 0 Å². The van der Waals surface area contributed by atoms with Crippen LogP contribution in [0.3, 0.4) is 0 Å². The van der Waals surface area contributed by atoms with Crippen molar-refractivity contribution in [2.75, 3.05) is 18.4 Å². The number of H-pyrrole nitrogens is 1. The molecule has 5 N–H and O–H groups in total. The van der Waals surface area contributed by atoms with Gasteiger partial charge in [0.05, 0.1) is 23.7 Å². The highest BCUT2D eigenvalue weighted by Gasteiger charge is 2.36. The second-order valence-electron chi connectivity index (χ2n) is 7.52. The van der Waals surface area contributed by atoms with Gasteiger partial charge >= 0.3 is 6.18 Å². The first kappa shape index (κ1) is 26.0. The van der Waals surface area contributed by atoms with E-state index < -0.39 is 11.9 Å². The number of nitrogens with one attached hydrogen (secondary N) is 3. The molecule has 9 nitrogen and oxygen atoms in total. The minimum Gasteiger partial charge on any atom is -0.352 e. The first-order chi connectivity index (χ1) is 16.3. The van der Waals surface area contributed by atoms with E-state index in [9.17, 15) is 18.0 Å². The number of hydrogen-bond donors (Lipinski definition) is 4. The lowest BCUT2D eigenvalue weighted by Gasteiger charge is -2.13. The summed E-state index contributed by atoms with van der Waals surface area (Å²) in [5.41, 5.74) is 7.04. The second kappa shape index (κ2) is 10.7. The fourth-order valence-corrected chi connectivity index (χ4v) is 3.62. The molecule has 13 heteroatoms. The summed E-state index contributed by atoms with van der Waals surface area (Å²) in [6.07, 6.45) is 2.19. The van der Waals surface area contributed by atoms with Crippen LogP contribution in [0.15, 0.2) is 43.0 Å². The summed E-state index contributed by atoms with van der Waals surface area (Å²) in [5.74, 6) is 0.184. The molecule has 0 atom stereocenters. The van der Waals surface area contributed by atoms with Gasteiger partial charge in [-0.25, -0.2) is 9.97 Å². The lowest BCUT2D eigenvalue weighted by molar-refractivity contribution is -0.140. The first-order valence-corrected chi connectivity index (χ1v) is 10.6. The maximum atomic E-state index is 13.3. The average Bonchev–Trinajstić information content (AvgIpc) is 3.46. The maximum absolute atomic E-state index is 13.3. The lowest BCUT2D eigenvalue weighted by atomic mass is 10.0. The molecule has 0 spiro atoms. The number of aromatic amines is 1. The van der Waals surface area contributed by atoms with E-state index in [0.717, 1.165) is 11.8 Å². The van der Waals surface area contributed by atoms with E-state index in [0.29, 0.717) is 48.6 Å². The van der Waals surface area contributed by atoms with Crippen LogP contribution in [0.5, 0.6) is 0 Å². The number of nitrogens with two attached hydrogens (primary N) is 1. The standard InChI is InChI=1S/C22H23F3N8O.ClH/c1-2-13-10-14(4-5-15(13)21(34)28-7-3-6-26)31-19-20-29-12-17(33(20)9-8-27-19)16-11-30-32-18(16)22(23,24)25;/h4-5,8-12H,2-3,6-7,26H2,1H3,(H,27,31)(H,28,34)(H,30,32);1H. The van der Waals surface area contributed by atoms with Crippen molar-refractivity contribution < 1.29 is 18.0 Å².